The number of fused-ring (bicyclic) bond motifs is 1. The minimum Gasteiger partial charge on any atom is -0.384 e. The topological polar surface area (TPSA) is 108 Å². The van der Waals surface area contributed by atoms with Crippen LogP contribution in [0.5, 0.6) is 0 Å². The number of ketones is 1. The third-order valence-electron chi connectivity index (χ3n) is 5.92. The van der Waals surface area contributed by atoms with Crippen LogP contribution < -0.4 is 26.2 Å². The number of nitrogens with zero attached hydrogens (tertiary/aromatic N) is 1. The minimum absolute atomic E-state index is 0.00154. The minimum atomic E-state index is -0.816. The molecule has 0 radical (unpaired) electrons. The van der Waals surface area contributed by atoms with Gasteiger partial charge in [0.15, 0.2) is 5.78 Å². The molecule has 0 saturated carbocycles. The van der Waals surface area contributed by atoms with E-state index in [2.05, 4.69) is 0 Å². The Labute approximate surface area is 204 Å². The van der Waals surface area contributed by atoms with E-state index in [-0.39, 0.29) is 22.8 Å². The van der Waals surface area contributed by atoms with Gasteiger partial charge in [0.05, 0.1) is 15.7 Å². The number of hydrogen-bond donors (Lipinski definition) is 2. The summed E-state index contributed by atoms with van der Waals surface area (Å²) in [6.07, 6.45) is 1.74. The van der Waals surface area contributed by atoms with Gasteiger partial charge in [0.1, 0.15) is 10.5 Å². The van der Waals surface area contributed by atoms with Crippen LogP contribution in [-0.4, -0.2) is 16.3 Å². The van der Waals surface area contributed by atoms with Gasteiger partial charge >= 0.3 is 0 Å². The van der Waals surface area contributed by atoms with Crippen molar-refractivity contribution in [2.75, 3.05) is 0 Å². The van der Waals surface area contributed by atoms with E-state index in [0.29, 0.717) is 20.3 Å². The Bertz CT molecular complexity index is 1650. The highest BCUT2D eigenvalue weighted by molar-refractivity contribution is 7.07. The van der Waals surface area contributed by atoms with E-state index in [9.17, 15) is 14.4 Å². The van der Waals surface area contributed by atoms with Crippen molar-refractivity contribution in [3.63, 3.8) is 0 Å². The van der Waals surface area contributed by atoms with E-state index in [1.807, 2.05) is 60.7 Å². The van der Waals surface area contributed by atoms with Crippen molar-refractivity contribution in [1.82, 2.24) is 4.57 Å². The molecule has 0 bridgehead atoms. The van der Waals surface area contributed by atoms with Gasteiger partial charge in [-0.3, -0.25) is 19.0 Å². The maximum Gasteiger partial charge on any atom is 0.274 e. The first-order valence-electron chi connectivity index (χ1n) is 10.9. The predicted molar refractivity (Wildman–Crippen MR) is 138 cm³/mol. The second kappa shape index (κ2) is 9.04. The zero-order valence-electron chi connectivity index (χ0n) is 18.5. The summed E-state index contributed by atoms with van der Waals surface area (Å²) in [4.78, 5) is 40.1. The highest BCUT2D eigenvalue weighted by atomic mass is 32.1. The number of allylic oxidation sites excluding steroid dienone is 1. The molecule has 4 aromatic rings. The lowest BCUT2D eigenvalue weighted by molar-refractivity contribution is -0.113. The molecule has 2 heterocycles. The molecule has 1 aromatic heterocycles. The number of aromatic nitrogens is 1. The van der Waals surface area contributed by atoms with Crippen LogP contribution >= 0.6 is 11.3 Å². The fourth-order valence-electron chi connectivity index (χ4n) is 4.34. The summed E-state index contributed by atoms with van der Waals surface area (Å²) in [5.41, 5.74) is 14.3. The van der Waals surface area contributed by atoms with Gasteiger partial charge in [-0.2, -0.15) is 0 Å². The number of thiazole rings is 1. The van der Waals surface area contributed by atoms with Crippen LogP contribution in [0.2, 0.25) is 0 Å². The van der Waals surface area contributed by atoms with Gasteiger partial charge < -0.3 is 11.5 Å². The summed E-state index contributed by atoms with van der Waals surface area (Å²) in [6.45, 7) is 0. The first-order valence-corrected chi connectivity index (χ1v) is 11.8. The summed E-state index contributed by atoms with van der Waals surface area (Å²) in [7, 11) is 0. The van der Waals surface area contributed by atoms with Crippen LogP contribution in [0.15, 0.2) is 101 Å². The first-order chi connectivity index (χ1) is 17.0. The molecule has 5 rings (SSSR count). The smallest absolute Gasteiger partial charge is 0.274 e. The van der Waals surface area contributed by atoms with Gasteiger partial charge in [-0.05, 0) is 17.2 Å². The Morgan fingerprint density at radius 1 is 0.829 bits per heavy atom. The molecule has 3 aromatic carbocycles. The van der Waals surface area contributed by atoms with Crippen molar-refractivity contribution in [3.05, 3.63) is 133 Å². The van der Waals surface area contributed by atoms with Crippen LogP contribution in [0, 0.1) is 0 Å². The molecule has 7 heteroatoms. The second-order valence-electron chi connectivity index (χ2n) is 8.08. The first kappa shape index (κ1) is 22.3. The van der Waals surface area contributed by atoms with Crippen molar-refractivity contribution in [2.24, 2.45) is 11.5 Å². The standard InChI is InChI=1S/C28H21N3O3S/c29-25-22(24(32)19-14-8-3-9-15-19)21(18-12-6-2-7-13-18)23(26(30)33)28-31(25)27(34)20(35-28)16-17-10-4-1-5-11-17/h1-16,21H,29H2,(H2,30,33)/b20-16+/t21-/m1/s1. The maximum atomic E-state index is 13.8. The number of Topliss-reactive ketones (excluding diaryl/α,β-unsaturated/α-hetero) is 1. The van der Waals surface area contributed by atoms with Crippen LogP contribution in [0.25, 0.3) is 17.5 Å². The molecule has 172 valence electrons. The molecular weight excluding hydrogens is 458 g/mol. The number of rotatable bonds is 5. The van der Waals surface area contributed by atoms with Gasteiger partial charge in [0, 0.05) is 11.5 Å². The fourth-order valence-corrected chi connectivity index (χ4v) is 5.52. The SMILES string of the molecule is NC(=O)C1=c2s/c(=C/c3ccccc3)c(=O)n2C(N)=C(C(=O)c2ccccc2)[C@H]1c1ccccc1. The number of carbonyl (C=O) groups excluding carboxylic acids is 2. The molecule has 35 heavy (non-hydrogen) atoms. The van der Waals surface area contributed by atoms with Crippen molar-refractivity contribution < 1.29 is 9.59 Å². The molecule has 1 aliphatic rings. The van der Waals surface area contributed by atoms with E-state index in [1.165, 1.54) is 4.57 Å². The Morgan fingerprint density at radius 3 is 2.00 bits per heavy atom. The number of nitrogens with two attached hydrogens (primary N) is 2. The molecule has 0 saturated heterocycles. The van der Waals surface area contributed by atoms with Crippen LogP contribution in [0.3, 0.4) is 0 Å². The number of amides is 1. The number of primary amides is 1. The summed E-state index contributed by atoms with van der Waals surface area (Å²) < 4.78 is 1.96. The van der Waals surface area contributed by atoms with Gasteiger partial charge in [0.2, 0.25) is 5.91 Å². The molecule has 0 fully saturated rings. The Kier molecular flexibility index (Phi) is 5.76. The quantitative estimate of drug-likeness (QED) is 0.428. The molecule has 0 unspecified atom stereocenters. The van der Waals surface area contributed by atoms with E-state index in [0.717, 1.165) is 16.9 Å². The summed E-state index contributed by atoms with van der Waals surface area (Å²) >= 11 is 1.14. The molecule has 1 aliphatic heterocycles. The van der Waals surface area contributed by atoms with Crippen molar-refractivity contribution in [3.8, 4) is 0 Å². The van der Waals surface area contributed by atoms with Crippen LogP contribution in [-0.2, 0) is 4.79 Å². The molecule has 6 nitrogen and oxygen atoms in total. The number of carbonyl (C=O) groups is 2. The van der Waals surface area contributed by atoms with E-state index >= 15 is 0 Å². The Balaban J connectivity index is 1.87. The average Bonchev–Trinajstić information content (AvgIpc) is 3.20. The highest BCUT2D eigenvalue weighted by Gasteiger charge is 2.37. The Hall–Kier alpha value is -4.49. The second-order valence-corrected chi connectivity index (χ2v) is 9.11. The lowest BCUT2D eigenvalue weighted by atomic mass is 9.80. The molecule has 1 amide bonds. The van der Waals surface area contributed by atoms with E-state index < -0.39 is 17.4 Å². The van der Waals surface area contributed by atoms with Gasteiger partial charge in [-0.15, -0.1) is 11.3 Å². The summed E-state index contributed by atoms with van der Waals surface area (Å²) in [5.74, 6) is -1.90. The van der Waals surface area contributed by atoms with Crippen LogP contribution in [0.1, 0.15) is 27.4 Å². The fraction of sp³-hybridized carbons (Fsp3) is 0.0357. The third-order valence-corrected chi connectivity index (χ3v) is 7.03. The number of hydrogen-bond acceptors (Lipinski definition) is 5. The predicted octanol–water partition coefficient (Wildman–Crippen LogP) is 2.18. The van der Waals surface area contributed by atoms with Gasteiger partial charge in [-0.25, -0.2) is 0 Å². The Morgan fingerprint density at radius 2 is 1.40 bits per heavy atom. The van der Waals surface area contributed by atoms with Crippen molar-refractivity contribution in [2.45, 2.75) is 5.92 Å². The highest BCUT2D eigenvalue weighted by Crippen LogP contribution is 2.37. The van der Waals surface area contributed by atoms with Gasteiger partial charge in [0.25, 0.3) is 5.56 Å². The largest absolute Gasteiger partial charge is 0.384 e. The van der Waals surface area contributed by atoms with Crippen molar-refractivity contribution in [1.29, 1.82) is 0 Å². The maximum absolute atomic E-state index is 13.8. The molecule has 4 N–H and O–H groups in total. The summed E-state index contributed by atoms with van der Waals surface area (Å²) in [5, 5.41) is 0. The van der Waals surface area contributed by atoms with Crippen LogP contribution in [0.4, 0.5) is 0 Å². The molecule has 0 spiro atoms. The summed E-state index contributed by atoms with van der Waals surface area (Å²) in [6, 6.07) is 27.1. The van der Waals surface area contributed by atoms with Crippen molar-refractivity contribution >= 4 is 40.5 Å². The average molecular weight is 480 g/mol. The van der Waals surface area contributed by atoms with Gasteiger partial charge in [-0.1, -0.05) is 91.0 Å². The lowest BCUT2D eigenvalue weighted by Gasteiger charge is -2.27. The zero-order chi connectivity index (χ0) is 24.5. The normalized spacial score (nSPS) is 15.7. The molecule has 0 aliphatic carbocycles. The number of benzene rings is 3. The van der Waals surface area contributed by atoms with E-state index in [4.69, 9.17) is 11.5 Å². The zero-order valence-corrected chi connectivity index (χ0v) is 19.4. The lowest BCUT2D eigenvalue weighted by Crippen LogP contribution is -2.42. The van der Waals surface area contributed by atoms with E-state index in [1.54, 1.807) is 36.4 Å². The molecular formula is C28H21N3O3S. The molecule has 1 atom stereocenters. The monoisotopic (exact) mass is 479 g/mol. The third kappa shape index (κ3) is 3.92.